The second-order valence-electron chi connectivity index (χ2n) is 7.12. The lowest BCUT2D eigenvalue weighted by molar-refractivity contribution is -0.120. The molecule has 26 heavy (non-hydrogen) atoms. The number of anilines is 1. The van der Waals surface area contributed by atoms with E-state index in [2.05, 4.69) is 35.3 Å². The third-order valence-corrected chi connectivity index (χ3v) is 5.19. The molecule has 0 aliphatic carbocycles. The Hall–Kier alpha value is -1.88. The van der Waals surface area contributed by atoms with Gasteiger partial charge in [0.05, 0.1) is 6.04 Å². The molecule has 1 amide bonds. The van der Waals surface area contributed by atoms with Gasteiger partial charge in [-0.25, -0.2) is 0 Å². The molecule has 2 aromatic rings. The van der Waals surface area contributed by atoms with E-state index in [0.29, 0.717) is 0 Å². The summed E-state index contributed by atoms with van der Waals surface area (Å²) in [4.78, 5) is 14.9. The lowest BCUT2D eigenvalue weighted by Crippen LogP contribution is -2.41. The van der Waals surface area contributed by atoms with Gasteiger partial charge in [0.2, 0.25) is 5.91 Å². The number of rotatable bonds is 4. The average molecular weight is 374 g/mol. The van der Waals surface area contributed by atoms with Crippen LogP contribution in [-0.4, -0.2) is 36.0 Å². The molecule has 0 bridgehead atoms. The first kappa shape index (κ1) is 20.4. The van der Waals surface area contributed by atoms with Gasteiger partial charge in [-0.05, 0) is 38.0 Å². The third kappa shape index (κ3) is 4.44. The van der Waals surface area contributed by atoms with Crippen molar-refractivity contribution in [3.05, 3.63) is 65.2 Å². The molecule has 3 atom stereocenters. The van der Waals surface area contributed by atoms with Crippen molar-refractivity contribution in [3.63, 3.8) is 0 Å². The predicted octanol–water partition coefficient (Wildman–Crippen LogP) is 3.48. The van der Waals surface area contributed by atoms with Gasteiger partial charge in [-0.15, -0.1) is 12.4 Å². The van der Waals surface area contributed by atoms with Crippen molar-refractivity contribution in [2.45, 2.75) is 38.8 Å². The summed E-state index contributed by atoms with van der Waals surface area (Å²) in [5, 5.41) is 3.06. The average Bonchev–Trinajstić information content (AvgIpc) is 2.99. The highest BCUT2D eigenvalue weighted by atomic mass is 35.5. The fourth-order valence-corrected chi connectivity index (χ4v) is 3.59. The maximum atomic E-state index is 12.7. The number of benzene rings is 2. The Morgan fingerprint density at radius 1 is 1.15 bits per heavy atom. The molecule has 2 aromatic carbocycles. The normalized spacial score (nSPS) is 21.1. The summed E-state index contributed by atoms with van der Waals surface area (Å²) in [7, 11) is 0. The van der Waals surface area contributed by atoms with Gasteiger partial charge >= 0.3 is 0 Å². The molecule has 3 rings (SSSR count). The van der Waals surface area contributed by atoms with Crippen LogP contribution in [0.5, 0.6) is 0 Å². The molecule has 4 nitrogen and oxygen atoms in total. The van der Waals surface area contributed by atoms with Crippen molar-refractivity contribution in [3.8, 4) is 0 Å². The maximum Gasteiger partial charge on any atom is 0.241 e. The Morgan fingerprint density at radius 3 is 2.50 bits per heavy atom. The van der Waals surface area contributed by atoms with Crippen LogP contribution >= 0.6 is 12.4 Å². The quantitative estimate of drug-likeness (QED) is 0.862. The van der Waals surface area contributed by atoms with Crippen LogP contribution in [-0.2, 0) is 4.79 Å². The molecule has 0 radical (unpaired) electrons. The number of carbonyl (C=O) groups is 1. The van der Waals surface area contributed by atoms with E-state index < -0.39 is 0 Å². The summed E-state index contributed by atoms with van der Waals surface area (Å²) in [6, 6.07) is 16.3. The highest BCUT2D eigenvalue weighted by Gasteiger charge is 2.35. The van der Waals surface area contributed by atoms with Crippen molar-refractivity contribution in [1.82, 2.24) is 4.90 Å². The Bertz CT molecular complexity index is 750. The topological polar surface area (TPSA) is 58.4 Å². The molecule has 1 saturated heterocycles. The van der Waals surface area contributed by atoms with E-state index in [1.54, 1.807) is 0 Å². The zero-order chi connectivity index (χ0) is 18.0. The van der Waals surface area contributed by atoms with Gasteiger partial charge in [-0.1, -0.05) is 48.0 Å². The molecule has 0 aromatic heterocycles. The summed E-state index contributed by atoms with van der Waals surface area (Å²) in [5.74, 6) is 0.297. The zero-order valence-corrected chi connectivity index (χ0v) is 16.4. The second-order valence-corrected chi connectivity index (χ2v) is 7.12. The first-order chi connectivity index (χ1) is 12.0. The number of carbonyl (C=O) groups excluding carboxylic acids is 1. The SMILES string of the molecule is Cc1ccc(NC(=O)C(C)N2C[C@@H](N)[C@H](c3ccccc3)C2)c(C)c1.Cl. The summed E-state index contributed by atoms with van der Waals surface area (Å²) in [5.41, 5.74) is 10.8. The Balaban J connectivity index is 0.00000243. The van der Waals surface area contributed by atoms with E-state index in [0.717, 1.165) is 24.3 Å². The first-order valence-electron chi connectivity index (χ1n) is 8.88. The van der Waals surface area contributed by atoms with Gasteiger partial charge in [0, 0.05) is 30.7 Å². The number of halogens is 1. The highest BCUT2D eigenvalue weighted by molar-refractivity contribution is 5.95. The van der Waals surface area contributed by atoms with Gasteiger partial charge in [0.1, 0.15) is 0 Å². The van der Waals surface area contributed by atoms with Crippen molar-refractivity contribution >= 4 is 24.0 Å². The molecule has 5 heteroatoms. The monoisotopic (exact) mass is 373 g/mol. The van der Waals surface area contributed by atoms with Crippen LogP contribution < -0.4 is 11.1 Å². The molecule has 0 saturated carbocycles. The number of nitrogens with two attached hydrogens (primary N) is 1. The summed E-state index contributed by atoms with van der Waals surface area (Å²) in [6.07, 6.45) is 0. The Labute approximate surface area is 162 Å². The largest absolute Gasteiger partial charge is 0.326 e. The van der Waals surface area contributed by atoms with Crippen LogP contribution in [0, 0.1) is 13.8 Å². The molecule has 3 N–H and O–H groups in total. The summed E-state index contributed by atoms with van der Waals surface area (Å²) in [6.45, 7) is 7.58. The molecule has 1 fully saturated rings. The van der Waals surface area contributed by atoms with Crippen LogP contribution in [0.15, 0.2) is 48.5 Å². The summed E-state index contributed by atoms with van der Waals surface area (Å²) < 4.78 is 0. The third-order valence-electron chi connectivity index (χ3n) is 5.19. The van der Waals surface area contributed by atoms with Gasteiger partial charge in [0.25, 0.3) is 0 Å². The molecule has 1 unspecified atom stereocenters. The fraction of sp³-hybridized carbons (Fsp3) is 0.381. The van der Waals surface area contributed by atoms with Crippen LogP contribution in [0.25, 0.3) is 0 Å². The highest BCUT2D eigenvalue weighted by Crippen LogP contribution is 2.28. The van der Waals surface area contributed by atoms with Crippen LogP contribution in [0.3, 0.4) is 0 Å². The van der Waals surface area contributed by atoms with E-state index in [9.17, 15) is 4.79 Å². The molecule has 140 valence electrons. The number of hydrogen-bond acceptors (Lipinski definition) is 3. The molecule has 1 heterocycles. The number of likely N-dealkylation sites (tertiary alicyclic amines) is 1. The minimum atomic E-state index is -0.208. The predicted molar refractivity (Wildman–Crippen MR) is 110 cm³/mol. The van der Waals surface area contributed by atoms with Gasteiger partial charge in [0.15, 0.2) is 0 Å². The van der Waals surface area contributed by atoms with E-state index in [1.807, 2.05) is 44.2 Å². The van der Waals surface area contributed by atoms with Crippen molar-refractivity contribution in [1.29, 1.82) is 0 Å². The molecule has 1 aliphatic rings. The Kier molecular flexibility index (Phi) is 6.81. The van der Waals surface area contributed by atoms with Gasteiger partial charge in [-0.3, -0.25) is 9.69 Å². The van der Waals surface area contributed by atoms with Gasteiger partial charge < -0.3 is 11.1 Å². The smallest absolute Gasteiger partial charge is 0.241 e. The van der Waals surface area contributed by atoms with Crippen molar-refractivity contribution in [2.75, 3.05) is 18.4 Å². The lowest BCUT2D eigenvalue weighted by atomic mass is 9.95. The molecular weight excluding hydrogens is 346 g/mol. The number of nitrogens with zero attached hydrogens (tertiary/aromatic N) is 1. The van der Waals surface area contributed by atoms with Crippen LogP contribution in [0.1, 0.15) is 29.5 Å². The van der Waals surface area contributed by atoms with Gasteiger partial charge in [-0.2, -0.15) is 0 Å². The number of aryl methyl sites for hydroxylation is 2. The van der Waals surface area contributed by atoms with Crippen LogP contribution in [0.4, 0.5) is 5.69 Å². The van der Waals surface area contributed by atoms with Crippen molar-refractivity contribution in [2.24, 2.45) is 5.73 Å². The van der Waals surface area contributed by atoms with Crippen LogP contribution in [0.2, 0.25) is 0 Å². The number of nitrogens with one attached hydrogen (secondary N) is 1. The lowest BCUT2D eigenvalue weighted by Gasteiger charge is -2.24. The minimum absolute atomic E-state index is 0. The summed E-state index contributed by atoms with van der Waals surface area (Å²) >= 11 is 0. The maximum absolute atomic E-state index is 12.7. The molecular formula is C21H28ClN3O. The molecule has 0 spiro atoms. The molecule has 1 aliphatic heterocycles. The van der Waals surface area contributed by atoms with E-state index in [-0.39, 0.29) is 36.3 Å². The van der Waals surface area contributed by atoms with E-state index in [1.165, 1.54) is 11.1 Å². The van der Waals surface area contributed by atoms with E-state index >= 15 is 0 Å². The standard InChI is InChI=1S/C21H27N3O.ClH/c1-14-9-10-20(15(2)11-14)23-21(25)16(3)24-12-18(19(22)13-24)17-7-5-4-6-8-17;/h4-11,16,18-19H,12-13,22H2,1-3H3,(H,23,25);1H/t16?,18-,19+;/m0./s1. The fourth-order valence-electron chi connectivity index (χ4n) is 3.59. The Morgan fingerprint density at radius 2 is 1.85 bits per heavy atom. The zero-order valence-electron chi connectivity index (χ0n) is 15.6. The van der Waals surface area contributed by atoms with E-state index in [4.69, 9.17) is 5.73 Å². The second kappa shape index (κ2) is 8.67. The number of hydrogen-bond donors (Lipinski definition) is 2. The van der Waals surface area contributed by atoms with Crippen molar-refractivity contribution < 1.29 is 4.79 Å². The first-order valence-corrected chi connectivity index (χ1v) is 8.88. The minimum Gasteiger partial charge on any atom is -0.326 e. The number of amides is 1.